The van der Waals surface area contributed by atoms with Gasteiger partial charge in [0.25, 0.3) is 0 Å². The highest BCUT2D eigenvalue weighted by molar-refractivity contribution is 5.27. The van der Waals surface area contributed by atoms with Crippen LogP contribution >= 0.6 is 0 Å². The third-order valence-electron chi connectivity index (χ3n) is 1.58. The lowest BCUT2D eigenvalue weighted by Gasteiger charge is -2.12. The lowest BCUT2D eigenvalue weighted by molar-refractivity contribution is 0.754. The van der Waals surface area contributed by atoms with Gasteiger partial charge in [-0.05, 0) is 18.4 Å². The van der Waals surface area contributed by atoms with E-state index < -0.39 is 0 Å². The Morgan fingerprint density at radius 2 is 2.00 bits per heavy atom. The first-order valence-electron chi connectivity index (χ1n) is 3.66. The maximum atomic E-state index is 3.89. The quantitative estimate of drug-likeness (QED) is 0.592. The molecule has 0 radical (unpaired) electrons. The van der Waals surface area contributed by atoms with Gasteiger partial charge in [0.2, 0.25) is 0 Å². The second kappa shape index (κ2) is 4.15. The maximum Gasteiger partial charge on any atom is 0.0296 e. The van der Waals surface area contributed by atoms with E-state index in [0.717, 1.165) is 5.70 Å². The van der Waals surface area contributed by atoms with E-state index in [1.54, 1.807) is 0 Å². The van der Waals surface area contributed by atoms with Crippen molar-refractivity contribution in [1.82, 2.24) is 5.32 Å². The summed E-state index contributed by atoms with van der Waals surface area (Å²) in [5, 5.41) is 3.03. The van der Waals surface area contributed by atoms with Crippen molar-refractivity contribution in [3.8, 4) is 0 Å². The number of hydrogen-bond acceptors (Lipinski definition) is 1. The molecule has 0 aromatic carbocycles. The van der Waals surface area contributed by atoms with Gasteiger partial charge in [-0.3, -0.25) is 0 Å². The highest BCUT2D eigenvalue weighted by atomic mass is 14.8. The van der Waals surface area contributed by atoms with Gasteiger partial charge in [0.05, 0.1) is 0 Å². The molecule has 1 N–H and O–H groups in total. The Balaban J connectivity index is 4.24. The van der Waals surface area contributed by atoms with Crippen LogP contribution in [-0.4, -0.2) is 7.05 Å². The fourth-order valence-electron chi connectivity index (χ4n) is 1.00. The number of allylic oxidation sites excluding steroid dienone is 2. The summed E-state index contributed by atoms with van der Waals surface area (Å²) in [6.07, 6.45) is 2.10. The highest BCUT2D eigenvalue weighted by Crippen LogP contribution is 2.14. The summed E-state index contributed by atoms with van der Waals surface area (Å²) in [6, 6.07) is 0. The molecule has 0 rings (SSSR count). The van der Waals surface area contributed by atoms with Crippen LogP contribution in [0.2, 0.25) is 0 Å². The monoisotopic (exact) mass is 139 g/mol. The summed E-state index contributed by atoms with van der Waals surface area (Å²) in [5.41, 5.74) is 2.32. The standard InChI is InChI=1S/C9H17N/c1-6-9(7(2)3)8(4)10-5/h6-7,10H,4H2,1-3,5H3/b9-6-. The molecule has 0 fully saturated rings. The number of nitrogens with one attached hydrogen (secondary N) is 1. The van der Waals surface area contributed by atoms with Crippen molar-refractivity contribution in [1.29, 1.82) is 0 Å². The highest BCUT2D eigenvalue weighted by Gasteiger charge is 2.03. The molecular formula is C9H17N. The van der Waals surface area contributed by atoms with Crippen molar-refractivity contribution in [2.45, 2.75) is 20.8 Å². The van der Waals surface area contributed by atoms with Crippen LogP contribution in [0.25, 0.3) is 0 Å². The molecule has 0 atom stereocenters. The normalized spacial score (nSPS) is 11.9. The number of rotatable bonds is 3. The molecule has 0 aliphatic rings. The van der Waals surface area contributed by atoms with E-state index >= 15 is 0 Å². The summed E-state index contributed by atoms with van der Waals surface area (Å²) in [6.45, 7) is 10.3. The molecule has 0 amide bonds. The van der Waals surface area contributed by atoms with E-state index in [9.17, 15) is 0 Å². The van der Waals surface area contributed by atoms with Gasteiger partial charge in [0, 0.05) is 12.7 Å². The summed E-state index contributed by atoms with van der Waals surface area (Å²) in [7, 11) is 1.90. The van der Waals surface area contributed by atoms with Crippen LogP contribution in [0, 0.1) is 5.92 Å². The van der Waals surface area contributed by atoms with E-state index in [1.807, 2.05) is 14.0 Å². The Morgan fingerprint density at radius 3 is 2.10 bits per heavy atom. The van der Waals surface area contributed by atoms with Crippen molar-refractivity contribution < 1.29 is 0 Å². The molecule has 0 bridgehead atoms. The van der Waals surface area contributed by atoms with Gasteiger partial charge in [0.1, 0.15) is 0 Å². The number of likely N-dealkylation sites (N-methyl/N-ethyl adjacent to an activating group) is 1. The van der Waals surface area contributed by atoms with Crippen LogP contribution in [-0.2, 0) is 0 Å². The van der Waals surface area contributed by atoms with Crippen molar-refractivity contribution in [2.24, 2.45) is 5.92 Å². The van der Waals surface area contributed by atoms with E-state index in [2.05, 4.69) is 31.8 Å². The van der Waals surface area contributed by atoms with Gasteiger partial charge in [0.15, 0.2) is 0 Å². The fraction of sp³-hybridized carbons (Fsp3) is 0.556. The molecule has 1 nitrogen and oxygen atoms in total. The molecule has 0 aliphatic carbocycles. The minimum Gasteiger partial charge on any atom is -0.388 e. The molecule has 10 heavy (non-hydrogen) atoms. The van der Waals surface area contributed by atoms with E-state index in [1.165, 1.54) is 5.57 Å². The molecule has 0 aliphatic heterocycles. The Kier molecular flexibility index (Phi) is 3.85. The second-order valence-electron chi connectivity index (χ2n) is 2.63. The van der Waals surface area contributed by atoms with Crippen LogP contribution in [0.1, 0.15) is 20.8 Å². The van der Waals surface area contributed by atoms with Gasteiger partial charge in [-0.15, -0.1) is 0 Å². The van der Waals surface area contributed by atoms with E-state index in [-0.39, 0.29) is 0 Å². The minimum atomic E-state index is 0.560. The van der Waals surface area contributed by atoms with Crippen LogP contribution in [0.15, 0.2) is 23.9 Å². The molecule has 0 spiro atoms. The van der Waals surface area contributed by atoms with Crippen molar-refractivity contribution >= 4 is 0 Å². The van der Waals surface area contributed by atoms with Gasteiger partial charge in [-0.1, -0.05) is 26.5 Å². The van der Waals surface area contributed by atoms with Gasteiger partial charge in [-0.2, -0.15) is 0 Å². The van der Waals surface area contributed by atoms with Crippen molar-refractivity contribution in [3.05, 3.63) is 23.9 Å². The average Bonchev–Trinajstić information content (AvgIpc) is 1.88. The summed E-state index contributed by atoms with van der Waals surface area (Å²) in [5.74, 6) is 0.560. The second-order valence-corrected chi connectivity index (χ2v) is 2.63. The maximum absolute atomic E-state index is 3.89. The Morgan fingerprint density at radius 1 is 1.50 bits per heavy atom. The van der Waals surface area contributed by atoms with E-state index in [0.29, 0.717) is 5.92 Å². The predicted molar refractivity (Wildman–Crippen MR) is 46.8 cm³/mol. The largest absolute Gasteiger partial charge is 0.388 e. The van der Waals surface area contributed by atoms with Crippen LogP contribution in [0.3, 0.4) is 0 Å². The molecular weight excluding hydrogens is 122 g/mol. The van der Waals surface area contributed by atoms with Crippen molar-refractivity contribution in [3.63, 3.8) is 0 Å². The zero-order valence-corrected chi connectivity index (χ0v) is 7.36. The summed E-state index contributed by atoms with van der Waals surface area (Å²) >= 11 is 0. The fourth-order valence-corrected chi connectivity index (χ4v) is 1.00. The lowest BCUT2D eigenvalue weighted by atomic mass is 10.0. The smallest absolute Gasteiger partial charge is 0.0296 e. The molecule has 0 aromatic rings. The first kappa shape index (κ1) is 9.28. The molecule has 0 saturated carbocycles. The van der Waals surface area contributed by atoms with E-state index in [4.69, 9.17) is 0 Å². The Labute approximate surface area is 63.8 Å². The van der Waals surface area contributed by atoms with Crippen LogP contribution in [0.4, 0.5) is 0 Å². The minimum absolute atomic E-state index is 0.560. The zero-order chi connectivity index (χ0) is 8.15. The molecule has 0 saturated heterocycles. The predicted octanol–water partition coefficient (Wildman–Crippen LogP) is 2.32. The Bertz CT molecular complexity index is 143. The molecule has 0 aromatic heterocycles. The molecule has 1 heteroatoms. The van der Waals surface area contributed by atoms with Crippen LogP contribution < -0.4 is 5.32 Å². The summed E-state index contributed by atoms with van der Waals surface area (Å²) < 4.78 is 0. The Hall–Kier alpha value is -0.720. The topological polar surface area (TPSA) is 12.0 Å². The van der Waals surface area contributed by atoms with Gasteiger partial charge < -0.3 is 5.32 Å². The van der Waals surface area contributed by atoms with Gasteiger partial charge in [-0.25, -0.2) is 0 Å². The lowest BCUT2D eigenvalue weighted by Crippen LogP contribution is -2.10. The summed E-state index contributed by atoms with van der Waals surface area (Å²) in [4.78, 5) is 0. The van der Waals surface area contributed by atoms with Crippen LogP contribution in [0.5, 0.6) is 0 Å². The number of hydrogen-bond donors (Lipinski definition) is 1. The van der Waals surface area contributed by atoms with Gasteiger partial charge >= 0.3 is 0 Å². The zero-order valence-electron chi connectivity index (χ0n) is 7.36. The van der Waals surface area contributed by atoms with Crippen molar-refractivity contribution in [2.75, 3.05) is 7.05 Å². The first-order valence-corrected chi connectivity index (χ1v) is 3.66. The third kappa shape index (κ3) is 2.26. The SMILES string of the molecule is C=C(NC)/C(=C\C)C(C)C. The molecule has 0 unspecified atom stereocenters. The molecule has 58 valence electrons. The third-order valence-corrected chi connectivity index (χ3v) is 1.58. The average molecular weight is 139 g/mol. The first-order chi connectivity index (χ1) is 4.63. The molecule has 0 heterocycles.